The van der Waals surface area contributed by atoms with Crippen LogP contribution in [0.2, 0.25) is 0 Å². The molecule has 0 unspecified atom stereocenters. The van der Waals surface area contributed by atoms with Gasteiger partial charge in [-0.2, -0.15) is 0 Å². The maximum absolute atomic E-state index is 6.64. The molecule has 0 saturated carbocycles. The predicted molar refractivity (Wildman–Crippen MR) is 155 cm³/mol. The van der Waals surface area contributed by atoms with Crippen molar-refractivity contribution in [1.82, 2.24) is 4.68 Å². The van der Waals surface area contributed by atoms with Gasteiger partial charge in [-0.1, -0.05) is 84.9 Å². The van der Waals surface area contributed by atoms with E-state index < -0.39 is 0 Å². The van der Waals surface area contributed by atoms with Gasteiger partial charge in [-0.15, -0.1) is 0 Å². The Morgan fingerprint density at radius 1 is 0.730 bits per heavy atom. The summed E-state index contributed by atoms with van der Waals surface area (Å²) in [7, 11) is 3.86. The number of para-hydroxylation sites is 1. The second-order valence-electron chi connectivity index (χ2n) is 9.32. The summed E-state index contributed by atoms with van der Waals surface area (Å²) in [5, 5.41) is 6.79. The lowest BCUT2D eigenvalue weighted by atomic mass is 9.96. The van der Waals surface area contributed by atoms with E-state index in [1.54, 1.807) is 7.05 Å². The zero-order valence-electron chi connectivity index (χ0n) is 20.7. The largest absolute Gasteiger partial charge is 0.438 e. The molecular formula is C33H25N3O. The van der Waals surface area contributed by atoms with E-state index in [1.165, 1.54) is 21.9 Å². The lowest BCUT2D eigenvalue weighted by Gasteiger charge is -2.30. The highest BCUT2D eigenvalue weighted by molar-refractivity contribution is 6.18. The average molecular weight is 480 g/mol. The second-order valence-corrected chi connectivity index (χ2v) is 9.32. The van der Waals surface area contributed by atoms with Crippen molar-refractivity contribution in [2.45, 2.75) is 0 Å². The highest BCUT2D eigenvalue weighted by atomic mass is 16.5. The molecule has 1 aliphatic heterocycles. The highest BCUT2D eigenvalue weighted by Crippen LogP contribution is 2.40. The normalized spacial score (nSPS) is 13.1. The summed E-state index contributed by atoms with van der Waals surface area (Å²) >= 11 is 0. The van der Waals surface area contributed by atoms with Crippen molar-refractivity contribution in [3.05, 3.63) is 121 Å². The van der Waals surface area contributed by atoms with Crippen LogP contribution >= 0.6 is 0 Å². The van der Waals surface area contributed by atoms with Crippen molar-refractivity contribution < 1.29 is 4.74 Å². The van der Waals surface area contributed by atoms with Gasteiger partial charge in [0.2, 0.25) is 5.88 Å². The van der Waals surface area contributed by atoms with Crippen LogP contribution in [0.4, 0.5) is 0 Å². The number of rotatable bonds is 4. The summed E-state index contributed by atoms with van der Waals surface area (Å²) in [4.78, 5) is 4.40. The van der Waals surface area contributed by atoms with Gasteiger partial charge < -0.3 is 4.74 Å². The predicted octanol–water partition coefficient (Wildman–Crippen LogP) is 7.64. The van der Waals surface area contributed by atoms with Gasteiger partial charge in [-0.25, -0.2) is 0 Å². The molecule has 178 valence electrons. The zero-order chi connectivity index (χ0) is 24.9. The number of hydrogen-bond acceptors (Lipinski definition) is 3. The van der Waals surface area contributed by atoms with Gasteiger partial charge in [0, 0.05) is 42.0 Å². The molecule has 0 atom stereocenters. The third-order valence-corrected chi connectivity index (χ3v) is 7.20. The van der Waals surface area contributed by atoms with Gasteiger partial charge in [0.25, 0.3) is 0 Å². The number of allylic oxidation sites excluding steroid dienone is 1. The third-order valence-electron chi connectivity index (χ3n) is 7.20. The highest BCUT2D eigenvalue weighted by Gasteiger charge is 2.26. The van der Waals surface area contributed by atoms with E-state index in [2.05, 4.69) is 119 Å². The molecule has 4 nitrogen and oxygen atoms in total. The van der Waals surface area contributed by atoms with Gasteiger partial charge >= 0.3 is 0 Å². The van der Waals surface area contributed by atoms with Crippen LogP contribution in [0.15, 0.2) is 120 Å². The fourth-order valence-corrected chi connectivity index (χ4v) is 5.56. The van der Waals surface area contributed by atoms with Gasteiger partial charge in [0.05, 0.1) is 16.6 Å². The van der Waals surface area contributed by atoms with Crippen LogP contribution in [0.3, 0.4) is 0 Å². The van der Waals surface area contributed by atoms with Crippen molar-refractivity contribution in [2.75, 3.05) is 19.1 Å². The summed E-state index contributed by atoms with van der Waals surface area (Å²) in [6.07, 6.45) is 1.90. The topological polar surface area (TPSA) is 29.8 Å². The van der Waals surface area contributed by atoms with E-state index in [0.29, 0.717) is 0 Å². The molecule has 0 radical (unpaired) electrons. The maximum atomic E-state index is 6.64. The Kier molecular flexibility index (Phi) is 4.86. The minimum Gasteiger partial charge on any atom is -0.438 e. The average Bonchev–Trinajstić information content (AvgIpc) is 3.28. The van der Waals surface area contributed by atoms with Crippen molar-refractivity contribution >= 4 is 44.4 Å². The van der Waals surface area contributed by atoms with Crippen molar-refractivity contribution in [3.8, 4) is 16.9 Å². The number of hydrogen-bond donors (Lipinski definition) is 0. The number of aliphatic imine (C=N–C) groups is 1. The second kappa shape index (κ2) is 8.38. The van der Waals surface area contributed by atoms with Crippen molar-refractivity contribution in [3.63, 3.8) is 0 Å². The maximum Gasteiger partial charge on any atom is 0.224 e. The van der Waals surface area contributed by atoms with Gasteiger partial charge in [-0.05, 0) is 40.8 Å². The van der Waals surface area contributed by atoms with E-state index in [4.69, 9.17) is 4.74 Å². The summed E-state index contributed by atoms with van der Waals surface area (Å²) < 4.78 is 8.88. The molecule has 37 heavy (non-hydrogen) atoms. The first-order chi connectivity index (χ1) is 18.2. The first-order valence-corrected chi connectivity index (χ1v) is 12.4. The zero-order valence-corrected chi connectivity index (χ0v) is 20.7. The first kappa shape index (κ1) is 21.5. The Balaban J connectivity index is 1.48. The fraction of sp³-hybridized carbons (Fsp3) is 0.0606. The molecule has 0 fully saturated rings. The molecule has 0 saturated heterocycles. The van der Waals surface area contributed by atoms with Crippen molar-refractivity contribution in [1.29, 1.82) is 0 Å². The van der Waals surface area contributed by atoms with Crippen LogP contribution in [-0.2, 0) is 0 Å². The molecule has 1 aliphatic rings. The molecule has 0 N–H and O–H groups in total. The Morgan fingerprint density at radius 3 is 2.32 bits per heavy atom. The van der Waals surface area contributed by atoms with Crippen molar-refractivity contribution in [2.24, 2.45) is 4.99 Å². The van der Waals surface area contributed by atoms with E-state index in [0.717, 1.165) is 44.6 Å². The quantitative estimate of drug-likeness (QED) is 0.243. The first-order valence-electron chi connectivity index (χ1n) is 12.4. The SMILES string of the molecule is CN=CC1=C(N(C)n2c3ccccc3c3cc(-c4ccccc4)ccc32)Oc2cccc3cccc1c23. The molecule has 5 aromatic carbocycles. The number of fused-ring (bicyclic) bond motifs is 3. The van der Waals surface area contributed by atoms with Gasteiger partial charge in [0.15, 0.2) is 0 Å². The molecular weight excluding hydrogens is 454 g/mol. The lowest BCUT2D eigenvalue weighted by Crippen LogP contribution is -2.34. The summed E-state index contributed by atoms with van der Waals surface area (Å²) in [6.45, 7) is 0. The number of nitrogens with zero attached hydrogens (tertiary/aromatic N) is 3. The number of ether oxygens (including phenoxy) is 1. The number of benzene rings is 5. The van der Waals surface area contributed by atoms with Crippen LogP contribution in [0, 0.1) is 0 Å². The Bertz CT molecular complexity index is 1870. The van der Waals surface area contributed by atoms with E-state index in [9.17, 15) is 0 Å². The van der Waals surface area contributed by atoms with E-state index >= 15 is 0 Å². The molecule has 7 rings (SSSR count). The summed E-state index contributed by atoms with van der Waals surface area (Å²) in [5.41, 5.74) is 6.72. The monoisotopic (exact) mass is 479 g/mol. The molecule has 2 heterocycles. The van der Waals surface area contributed by atoms with Crippen LogP contribution < -0.4 is 9.75 Å². The van der Waals surface area contributed by atoms with E-state index in [1.807, 2.05) is 18.3 Å². The molecule has 4 heteroatoms. The summed E-state index contributed by atoms with van der Waals surface area (Å²) in [6, 6.07) is 38.3. The van der Waals surface area contributed by atoms with Gasteiger partial charge in [0.1, 0.15) is 5.75 Å². The summed E-state index contributed by atoms with van der Waals surface area (Å²) in [5.74, 6) is 1.60. The van der Waals surface area contributed by atoms with Crippen LogP contribution in [-0.4, -0.2) is 25.0 Å². The molecule has 1 aromatic heterocycles. The standard InChI is InChI=1S/C33H25N3O/c1-34-21-28-26-15-8-12-23-13-9-17-31(32(23)26)37-33(28)35(2)36-29-16-7-6-14-25(29)27-20-24(18-19-30(27)36)22-10-4-3-5-11-22/h3-21H,1-2H3. The Labute approximate surface area is 215 Å². The van der Waals surface area contributed by atoms with E-state index in [-0.39, 0.29) is 0 Å². The third kappa shape index (κ3) is 3.26. The molecule has 0 bridgehead atoms. The van der Waals surface area contributed by atoms with Gasteiger partial charge in [-0.3, -0.25) is 14.7 Å². The smallest absolute Gasteiger partial charge is 0.224 e. The molecule has 6 aromatic rings. The Morgan fingerprint density at radius 2 is 1.49 bits per heavy atom. The molecule has 0 aliphatic carbocycles. The van der Waals surface area contributed by atoms with Crippen LogP contribution in [0.1, 0.15) is 5.56 Å². The lowest BCUT2D eigenvalue weighted by molar-refractivity contribution is 0.394. The van der Waals surface area contributed by atoms with Crippen LogP contribution in [0.5, 0.6) is 5.75 Å². The Hall–Kier alpha value is -4.83. The minimum absolute atomic E-state index is 0.742. The molecule has 0 amide bonds. The number of aromatic nitrogens is 1. The molecule has 0 spiro atoms. The minimum atomic E-state index is 0.742. The van der Waals surface area contributed by atoms with Crippen LogP contribution in [0.25, 0.3) is 49.3 Å². The fourth-order valence-electron chi connectivity index (χ4n) is 5.56.